The zero-order chi connectivity index (χ0) is 15.2. The van der Waals surface area contributed by atoms with E-state index >= 15 is 0 Å². The molecule has 1 saturated heterocycles. The second-order valence-corrected chi connectivity index (χ2v) is 7.15. The van der Waals surface area contributed by atoms with Gasteiger partial charge in [0.1, 0.15) is 0 Å². The predicted molar refractivity (Wildman–Crippen MR) is 85.2 cm³/mol. The van der Waals surface area contributed by atoms with Crippen molar-refractivity contribution in [3.63, 3.8) is 0 Å². The van der Waals surface area contributed by atoms with Crippen LogP contribution in [0.3, 0.4) is 0 Å². The third-order valence-corrected chi connectivity index (χ3v) is 5.02. The lowest BCUT2D eigenvalue weighted by Gasteiger charge is -2.34. The minimum atomic E-state index is -0.0813. The number of ether oxygens (including phenoxy) is 1. The highest BCUT2D eigenvalue weighted by Crippen LogP contribution is 2.24. The van der Waals surface area contributed by atoms with Crippen LogP contribution < -0.4 is 10.6 Å². The van der Waals surface area contributed by atoms with Crippen LogP contribution in [0.4, 0.5) is 0 Å². The van der Waals surface area contributed by atoms with Crippen LogP contribution in [0, 0.1) is 11.8 Å². The molecular weight excluding hydrogens is 264 g/mol. The van der Waals surface area contributed by atoms with E-state index < -0.39 is 0 Å². The number of amides is 1. The normalized spacial score (nSPS) is 29.3. The topological polar surface area (TPSA) is 50.4 Å². The van der Waals surface area contributed by atoms with Gasteiger partial charge in [0.05, 0.1) is 6.04 Å². The van der Waals surface area contributed by atoms with Crippen molar-refractivity contribution in [3.8, 4) is 0 Å². The van der Waals surface area contributed by atoms with Crippen LogP contribution in [0.5, 0.6) is 0 Å². The summed E-state index contributed by atoms with van der Waals surface area (Å²) in [4.78, 5) is 12.7. The van der Waals surface area contributed by atoms with Gasteiger partial charge in [-0.15, -0.1) is 0 Å². The second kappa shape index (κ2) is 8.14. The van der Waals surface area contributed by atoms with Gasteiger partial charge in [0.2, 0.25) is 5.91 Å². The molecular formula is C17H32N2O2. The third kappa shape index (κ3) is 4.96. The van der Waals surface area contributed by atoms with Crippen LogP contribution in [-0.4, -0.2) is 37.2 Å². The molecule has 1 heterocycles. The molecule has 3 atom stereocenters. The molecule has 1 aliphatic heterocycles. The Balaban J connectivity index is 1.88. The monoisotopic (exact) mass is 296 g/mol. The summed E-state index contributed by atoms with van der Waals surface area (Å²) in [6, 6.07) is 0.701. The van der Waals surface area contributed by atoms with E-state index in [0.29, 0.717) is 23.9 Å². The molecule has 4 heteroatoms. The number of carbonyl (C=O) groups is 1. The molecule has 0 aromatic carbocycles. The fraction of sp³-hybridized carbons (Fsp3) is 0.941. The number of rotatable bonds is 5. The summed E-state index contributed by atoms with van der Waals surface area (Å²) < 4.78 is 5.40. The molecule has 21 heavy (non-hydrogen) atoms. The number of hydrogen-bond acceptors (Lipinski definition) is 3. The Morgan fingerprint density at radius 3 is 2.38 bits per heavy atom. The molecule has 1 amide bonds. The first-order valence-electron chi connectivity index (χ1n) is 8.72. The number of carbonyl (C=O) groups excluding carboxylic acids is 1. The summed E-state index contributed by atoms with van der Waals surface area (Å²) in [5.74, 6) is 1.11. The highest BCUT2D eigenvalue weighted by atomic mass is 16.5. The predicted octanol–water partition coefficient (Wildman–Crippen LogP) is 2.47. The maximum Gasteiger partial charge on any atom is 0.237 e. The Hall–Kier alpha value is -0.610. The molecule has 0 aromatic rings. The Kier molecular flexibility index (Phi) is 6.49. The minimum absolute atomic E-state index is 0.0813. The van der Waals surface area contributed by atoms with Crippen molar-refractivity contribution in [2.75, 3.05) is 13.2 Å². The van der Waals surface area contributed by atoms with Crippen molar-refractivity contribution < 1.29 is 9.53 Å². The van der Waals surface area contributed by atoms with Gasteiger partial charge in [-0.3, -0.25) is 4.79 Å². The molecule has 0 bridgehead atoms. The molecule has 2 N–H and O–H groups in total. The van der Waals surface area contributed by atoms with Crippen molar-refractivity contribution in [2.45, 2.75) is 77.4 Å². The zero-order valence-corrected chi connectivity index (χ0v) is 13.9. The average molecular weight is 296 g/mol. The number of hydrogen-bond donors (Lipinski definition) is 2. The largest absolute Gasteiger partial charge is 0.381 e. The van der Waals surface area contributed by atoms with E-state index in [-0.39, 0.29) is 11.9 Å². The van der Waals surface area contributed by atoms with Gasteiger partial charge in [-0.1, -0.05) is 33.6 Å². The molecule has 2 aliphatic rings. The Morgan fingerprint density at radius 2 is 1.76 bits per heavy atom. The van der Waals surface area contributed by atoms with Gasteiger partial charge >= 0.3 is 0 Å². The van der Waals surface area contributed by atoms with Crippen molar-refractivity contribution in [2.24, 2.45) is 11.8 Å². The van der Waals surface area contributed by atoms with E-state index in [1.807, 2.05) is 0 Å². The van der Waals surface area contributed by atoms with Gasteiger partial charge in [0, 0.05) is 25.3 Å². The lowest BCUT2D eigenvalue weighted by Crippen LogP contribution is -2.55. The van der Waals surface area contributed by atoms with E-state index in [9.17, 15) is 4.79 Å². The second-order valence-electron chi connectivity index (χ2n) is 7.15. The zero-order valence-electron chi connectivity index (χ0n) is 13.9. The van der Waals surface area contributed by atoms with Crippen LogP contribution in [0.2, 0.25) is 0 Å². The van der Waals surface area contributed by atoms with Gasteiger partial charge < -0.3 is 15.4 Å². The maximum atomic E-state index is 12.7. The van der Waals surface area contributed by atoms with Gasteiger partial charge in [-0.2, -0.15) is 0 Å². The molecule has 4 nitrogen and oxygen atoms in total. The van der Waals surface area contributed by atoms with Crippen LogP contribution in [0.25, 0.3) is 0 Å². The SMILES string of the molecule is CC(C)C(NC1CCOCC1)C(=O)NC1CCCCC1C. The summed E-state index contributed by atoms with van der Waals surface area (Å²) in [5, 5.41) is 6.87. The highest BCUT2D eigenvalue weighted by Gasteiger charge is 2.29. The fourth-order valence-corrected chi connectivity index (χ4v) is 3.49. The van der Waals surface area contributed by atoms with E-state index in [1.165, 1.54) is 19.3 Å². The first kappa shape index (κ1) is 16.8. The molecule has 0 spiro atoms. The van der Waals surface area contributed by atoms with Gasteiger partial charge in [0.15, 0.2) is 0 Å². The molecule has 0 radical (unpaired) electrons. The quantitative estimate of drug-likeness (QED) is 0.819. The van der Waals surface area contributed by atoms with Crippen LogP contribution in [0.1, 0.15) is 59.3 Å². The molecule has 1 saturated carbocycles. The van der Waals surface area contributed by atoms with E-state index in [4.69, 9.17) is 4.74 Å². The van der Waals surface area contributed by atoms with Crippen LogP contribution >= 0.6 is 0 Å². The molecule has 1 aliphatic carbocycles. The van der Waals surface area contributed by atoms with Gasteiger partial charge in [-0.05, 0) is 37.5 Å². The third-order valence-electron chi connectivity index (χ3n) is 5.02. The van der Waals surface area contributed by atoms with Crippen molar-refractivity contribution >= 4 is 5.91 Å². The van der Waals surface area contributed by atoms with E-state index in [0.717, 1.165) is 32.5 Å². The van der Waals surface area contributed by atoms with E-state index in [2.05, 4.69) is 31.4 Å². The van der Waals surface area contributed by atoms with Gasteiger partial charge in [-0.25, -0.2) is 0 Å². The molecule has 0 aromatic heterocycles. The summed E-state index contributed by atoms with van der Waals surface area (Å²) in [6.07, 6.45) is 6.95. The molecule has 3 unspecified atom stereocenters. The standard InChI is InChI=1S/C17H32N2O2/c1-12(2)16(18-14-8-10-21-11-9-14)17(20)19-15-7-5-4-6-13(15)3/h12-16,18H,4-11H2,1-3H3,(H,19,20). The summed E-state index contributed by atoms with van der Waals surface area (Å²) >= 11 is 0. The fourth-order valence-electron chi connectivity index (χ4n) is 3.49. The lowest BCUT2D eigenvalue weighted by atomic mass is 9.85. The Labute approximate surface area is 129 Å². The van der Waals surface area contributed by atoms with Crippen molar-refractivity contribution in [1.82, 2.24) is 10.6 Å². The Morgan fingerprint density at radius 1 is 1.10 bits per heavy atom. The minimum Gasteiger partial charge on any atom is -0.381 e. The van der Waals surface area contributed by atoms with Crippen LogP contribution in [0.15, 0.2) is 0 Å². The number of nitrogens with one attached hydrogen (secondary N) is 2. The molecule has 122 valence electrons. The smallest absolute Gasteiger partial charge is 0.237 e. The van der Waals surface area contributed by atoms with Crippen molar-refractivity contribution in [3.05, 3.63) is 0 Å². The summed E-state index contributed by atoms with van der Waals surface area (Å²) in [5.41, 5.74) is 0. The highest BCUT2D eigenvalue weighted by molar-refractivity contribution is 5.82. The lowest BCUT2D eigenvalue weighted by molar-refractivity contribution is -0.126. The first-order chi connectivity index (χ1) is 10.1. The maximum absolute atomic E-state index is 12.7. The molecule has 2 fully saturated rings. The first-order valence-corrected chi connectivity index (χ1v) is 8.72. The molecule has 2 rings (SSSR count). The van der Waals surface area contributed by atoms with E-state index in [1.54, 1.807) is 0 Å². The van der Waals surface area contributed by atoms with Crippen molar-refractivity contribution in [1.29, 1.82) is 0 Å². The summed E-state index contributed by atoms with van der Waals surface area (Å²) in [7, 11) is 0. The van der Waals surface area contributed by atoms with Crippen LogP contribution in [-0.2, 0) is 9.53 Å². The van der Waals surface area contributed by atoms with Gasteiger partial charge in [0.25, 0.3) is 0 Å². The average Bonchev–Trinajstić information content (AvgIpc) is 2.48. The Bertz CT molecular complexity index is 327. The summed E-state index contributed by atoms with van der Waals surface area (Å²) in [6.45, 7) is 8.13.